The van der Waals surface area contributed by atoms with Gasteiger partial charge < -0.3 is 18.3 Å². The van der Waals surface area contributed by atoms with Gasteiger partial charge in [-0.05, 0) is 124 Å². The number of benzene rings is 2. The summed E-state index contributed by atoms with van der Waals surface area (Å²) in [4.78, 5) is 5.94. The van der Waals surface area contributed by atoms with E-state index in [1.54, 1.807) is 14.2 Å². The molecule has 2 aromatic carbocycles. The quantitative estimate of drug-likeness (QED) is 0.197. The number of hydrogen-bond donors (Lipinski definition) is 0. The second kappa shape index (κ2) is 11.5. The van der Waals surface area contributed by atoms with Crippen molar-refractivity contribution in [3.63, 3.8) is 0 Å². The van der Waals surface area contributed by atoms with E-state index in [1.807, 2.05) is 0 Å². The van der Waals surface area contributed by atoms with Gasteiger partial charge in [0.1, 0.15) is 34.2 Å². The zero-order valence-corrected chi connectivity index (χ0v) is 30.1. The molecule has 4 saturated heterocycles. The highest BCUT2D eigenvalue weighted by atomic mass is 16.5. The van der Waals surface area contributed by atoms with Gasteiger partial charge in [-0.2, -0.15) is 0 Å². The Morgan fingerprint density at radius 3 is 2.04 bits per heavy atom. The van der Waals surface area contributed by atoms with Gasteiger partial charge in [0.2, 0.25) is 0 Å². The van der Waals surface area contributed by atoms with Crippen molar-refractivity contribution in [2.75, 3.05) is 27.3 Å². The maximum Gasteiger partial charge on any atom is 0.134 e. The van der Waals surface area contributed by atoms with Gasteiger partial charge in [-0.3, -0.25) is 9.80 Å². The van der Waals surface area contributed by atoms with Gasteiger partial charge in [0.15, 0.2) is 0 Å². The lowest BCUT2D eigenvalue weighted by Gasteiger charge is -2.56. The summed E-state index contributed by atoms with van der Waals surface area (Å²) in [6.45, 7) is 10.1. The Hall–Kier alpha value is -2.96. The van der Waals surface area contributed by atoms with Crippen LogP contribution in [0.15, 0.2) is 45.2 Å². The van der Waals surface area contributed by atoms with Crippen molar-refractivity contribution in [2.24, 2.45) is 29.6 Å². The van der Waals surface area contributed by atoms with Crippen LogP contribution in [0.2, 0.25) is 0 Å². The Kier molecular flexibility index (Phi) is 7.25. The van der Waals surface area contributed by atoms with E-state index in [4.69, 9.17) is 18.3 Å². The molecule has 0 radical (unpaired) electrons. The Balaban J connectivity index is 0.960. The molecule has 0 amide bonds. The first kappa shape index (κ1) is 30.8. The van der Waals surface area contributed by atoms with E-state index in [0.29, 0.717) is 47.8 Å². The minimum atomic E-state index is 0.495. The SMILES string of the molecule is CCC1CC2CC3c4oc5ccc(OC)cc5c4C[C@@H](CCC(C)C4CC5CC6c7oc8ccc(OC)cc8c7C[C@H](C)N(C5)C64)N(C2)C13. The molecule has 12 rings (SSSR count). The van der Waals surface area contributed by atoms with Crippen molar-refractivity contribution in [3.8, 4) is 11.5 Å². The summed E-state index contributed by atoms with van der Waals surface area (Å²) in [5, 5.41) is 2.56. The maximum atomic E-state index is 6.83. The summed E-state index contributed by atoms with van der Waals surface area (Å²) < 4.78 is 25.0. The third kappa shape index (κ3) is 4.64. The van der Waals surface area contributed by atoms with Crippen molar-refractivity contribution >= 4 is 21.9 Å². The average molecular weight is 663 g/mol. The molecule has 2 aliphatic carbocycles. The van der Waals surface area contributed by atoms with Gasteiger partial charge in [-0.1, -0.05) is 20.3 Å². The fourth-order valence-electron chi connectivity index (χ4n) is 12.7. The fraction of sp³-hybridized carbons (Fsp3) is 0.628. The minimum absolute atomic E-state index is 0.495. The number of piperidine rings is 4. The van der Waals surface area contributed by atoms with E-state index in [9.17, 15) is 0 Å². The average Bonchev–Trinajstić information content (AvgIpc) is 3.64. The van der Waals surface area contributed by atoms with Crippen LogP contribution in [0.5, 0.6) is 11.5 Å². The van der Waals surface area contributed by atoms with Crippen LogP contribution >= 0.6 is 0 Å². The molecule has 0 N–H and O–H groups in total. The third-order valence-electron chi connectivity index (χ3n) is 14.8. The molecule has 8 aliphatic rings. The number of rotatable bonds is 7. The normalized spacial score (nSPS) is 37.8. The summed E-state index contributed by atoms with van der Waals surface area (Å²) >= 11 is 0. The molecule has 2 saturated carbocycles. The van der Waals surface area contributed by atoms with Crippen molar-refractivity contribution in [1.29, 1.82) is 0 Å². The Morgan fingerprint density at radius 2 is 1.39 bits per heavy atom. The van der Waals surface area contributed by atoms with Gasteiger partial charge >= 0.3 is 0 Å². The van der Waals surface area contributed by atoms with E-state index >= 15 is 0 Å². The molecule has 13 atom stereocenters. The second-order valence-corrected chi connectivity index (χ2v) is 17.2. The van der Waals surface area contributed by atoms with Crippen LogP contribution < -0.4 is 9.47 Å². The molecule has 6 fully saturated rings. The van der Waals surface area contributed by atoms with E-state index < -0.39 is 0 Å². The van der Waals surface area contributed by atoms with Crippen molar-refractivity contribution in [3.05, 3.63) is 59.0 Å². The molecular weight excluding hydrogens is 608 g/mol. The van der Waals surface area contributed by atoms with Crippen LogP contribution in [-0.2, 0) is 12.8 Å². The number of methoxy groups -OCH3 is 2. The molecule has 49 heavy (non-hydrogen) atoms. The largest absolute Gasteiger partial charge is 0.497 e. The van der Waals surface area contributed by atoms with E-state index in [2.05, 4.69) is 67.0 Å². The van der Waals surface area contributed by atoms with Gasteiger partial charge in [0.25, 0.3) is 0 Å². The number of ether oxygens (including phenoxy) is 2. The minimum Gasteiger partial charge on any atom is -0.497 e. The summed E-state index contributed by atoms with van der Waals surface area (Å²) in [6, 6.07) is 15.1. The highest BCUT2D eigenvalue weighted by molar-refractivity contribution is 5.85. The molecular formula is C43H54N2O4. The Morgan fingerprint density at radius 1 is 0.776 bits per heavy atom. The molecule has 2 aromatic heterocycles. The van der Waals surface area contributed by atoms with Crippen LogP contribution in [0.3, 0.4) is 0 Å². The van der Waals surface area contributed by atoms with Gasteiger partial charge in [-0.15, -0.1) is 0 Å². The van der Waals surface area contributed by atoms with Gasteiger partial charge in [-0.25, -0.2) is 0 Å². The van der Waals surface area contributed by atoms with Crippen LogP contribution in [0, 0.1) is 29.6 Å². The highest BCUT2D eigenvalue weighted by Gasteiger charge is 2.54. The van der Waals surface area contributed by atoms with Gasteiger partial charge in [0, 0.05) is 71.0 Å². The standard InChI is InChI=1S/C43H54N2O4/c1-6-27-14-25-16-36-40(27)45(22-25)28(18-35-33-20-30(47-5)10-12-39(33)49-43(35)36)8-7-23(2)31-15-26-17-37-41(31)44(21-26)24(3)13-34-32-19-29(46-4)9-11-38(32)48-42(34)37/h9-12,19-20,23-28,31,36-37,40-41H,6-8,13-18,21-22H2,1-5H3/t23?,24-,25?,26?,27?,28+,31?,36?,37?,40?,41?/m0/s1. The fourth-order valence-corrected chi connectivity index (χ4v) is 12.7. The highest BCUT2D eigenvalue weighted by Crippen LogP contribution is 2.56. The summed E-state index contributed by atoms with van der Waals surface area (Å²) in [7, 11) is 3.55. The third-order valence-corrected chi connectivity index (χ3v) is 14.8. The van der Waals surface area contributed by atoms with Crippen LogP contribution in [0.1, 0.15) is 100 Å². The molecule has 8 bridgehead atoms. The second-order valence-electron chi connectivity index (χ2n) is 17.2. The molecule has 0 spiro atoms. The van der Waals surface area contributed by atoms with Crippen molar-refractivity contribution < 1.29 is 18.3 Å². The summed E-state index contributed by atoms with van der Waals surface area (Å²) in [5.74, 6) is 9.21. The first-order valence-electron chi connectivity index (χ1n) is 19.6. The summed E-state index contributed by atoms with van der Waals surface area (Å²) in [5.41, 5.74) is 5.02. The van der Waals surface area contributed by atoms with Crippen molar-refractivity contribution in [2.45, 2.75) is 115 Å². The smallest absolute Gasteiger partial charge is 0.134 e. The first-order chi connectivity index (χ1) is 23.9. The van der Waals surface area contributed by atoms with Crippen LogP contribution in [-0.4, -0.2) is 61.3 Å². The van der Waals surface area contributed by atoms with Crippen LogP contribution in [0.25, 0.3) is 21.9 Å². The van der Waals surface area contributed by atoms with E-state index in [0.717, 1.165) is 53.3 Å². The number of fused-ring (bicyclic) bond motifs is 8. The Labute approximate surface area is 291 Å². The Bertz CT molecular complexity index is 1890. The molecule has 6 heteroatoms. The van der Waals surface area contributed by atoms with Gasteiger partial charge in [0.05, 0.1) is 14.2 Å². The lowest BCUT2D eigenvalue weighted by atomic mass is 9.62. The molecule has 6 aliphatic heterocycles. The lowest BCUT2D eigenvalue weighted by molar-refractivity contribution is -0.0616. The predicted molar refractivity (Wildman–Crippen MR) is 194 cm³/mol. The number of furan rings is 2. The van der Waals surface area contributed by atoms with Crippen LogP contribution in [0.4, 0.5) is 0 Å². The lowest BCUT2D eigenvalue weighted by Crippen LogP contribution is -2.60. The monoisotopic (exact) mass is 662 g/mol. The maximum absolute atomic E-state index is 6.83. The topological polar surface area (TPSA) is 51.2 Å². The molecule has 4 aromatic rings. The molecule has 6 nitrogen and oxygen atoms in total. The zero-order chi connectivity index (χ0) is 33.1. The molecule has 11 unspecified atom stereocenters. The first-order valence-corrected chi connectivity index (χ1v) is 19.6. The summed E-state index contributed by atoms with van der Waals surface area (Å²) in [6.07, 6.45) is 11.4. The van der Waals surface area contributed by atoms with Crippen molar-refractivity contribution in [1.82, 2.24) is 9.80 Å². The molecule has 8 heterocycles. The number of hydrogen-bond acceptors (Lipinski definition) is 6. The van der Waals surface area contributed by atoms with E-state index in [1.165, 1.54) is 91.5 Å². The molecule has 260 valence electrons. The van der Waals surface area contributed by atoms with E-state index in [-0.39, 0.29) is 0 Å². The number of nitrogens with zero attached hydrogens (tertiary/aromatic N) is 2. The zero-order valence-electron chi connectivity index (χ0n) is 30.1. The predicted octanol–water partition coefficient (Wildman–Crippen LogP) is 9.18.